The van der Waals surface area contributed by atoms with E-state index in [1.807, 2.05) is 31.4 Å². The third-order valence-electron chi connectivity index (χ3n) is 3.02. The monoisotopic (exact) mass is 245 g/mol. The molecule has 0 bridgehead atoms. The quantitative estimate of drug-likeness (QED) is 0.650. The van der Waals surface area contributed by atoms with Crippen molar-refractivity contribution in [3.8, 4) is 0 Å². The fraction of sp³-hybridized carbons (Fsp3) is 0.231. The first-order valence-electron chi connectivity index (χ1n) is 5.56. The molecular formula is C13H12ClN3. The van der Waals surface area contributed by atoms with E-state index in [1.165, 1.54) is 0 Å². The minimum atomic E-state index is 0.586. The Morgan fingerprint density at radius 2 is 2.06 bits per heavy atom. The molecule has 4 heteroatoms. The lowest BCUT2D eigenvalue weighted by atomic mass is 10.2. The molecule has 0 aliphatic rings. The molecule has 3 aromatic rings. The van der Waals surface area contributed by atoms with Crippen LogP contribution in [0.2, 0.25) is 0 Å². The molecule has 0 amide bonds. The molecule has 0 fully saturated rings. The fourth-order valence-electron chi connectivity index (χ4n) is 2.20. The van der Waals surface area contributed by atoms with E-state index >= 15 is 0 Å². The number of hydrogen-bond donors (Lipinski definition) is 0. The van der Waals surface area contributed by atoms with Crippen molar-refractivity contribution in [1.82, 2.24) is 14.5 Å². The van der Waals surface area contributed by atoms with Gasteiger partial charge >= 0.3 is 0 Å². The summed E-state index contributed by atoms with van der Waals surface area (Å²) in [7, 11) is 2.03. The normalized spacial score (nSPS) is 11.4. The highest BCUT2D eigenvalue weighted by Gasteiger charge is 2.10. The number of benzene rings is 1. The van der Waals surface area contributed by atoms with Crippen molar-refractivity contribution < 1.29 is 0 Å². The number of rotatable bonds is 2. The van der Waals surface area contributed by atoms with E-state index in [4.69, 9.17) is 11.6 Å². The summed E-state index contributed by atoms with van der Waals surface area (Å²) in [6.45, 7) is 0. The van der Waals surface area contributed by atoms with Gasteiger partial charge in [0.2, 0.25) is 0 Å². The first-order valence-corrected chi connectivity index (χ1v) is 6.09. The van der Waals surface area contributed by atoms with Crippen LogP contribution < -0.4 is 0 Å². The molecule has 1 aromatic carbocycles. The standard InChI is InChI=1S/C13H12ClN3/c1-17-12(6-7-14)16-11-8-15-10-5-3-2-4-9(10)13(11)17/h2-5,8H,6-7H2,1H3. The van der Waals surface area contributed by atoms with Gasteiger partial charge in [0.15, 0.2) is 0 Å². The molecule has 0 saturated carbocycles. The van der Waals surface area contributed by atoms with E-state index in [2.05, 4.69) is 20.6 Å². The molecule has 0 saturated heterocycles. The third kappa shape index (κ3) is 1.58. The molecule has 0 aliphatic carbocycles. The van der Waals surface area contributed by atoms with Crippen LogP contribution in [0.15, 0.2) is 30.5 Å². The predicted octanol–water partition coefficient (Wildman–Crippen LogP) is 2.90. The van der Waals surface area contributed by atoms with Gasteiger partial charge in [-0.15, -0.1) is 11.6 Å². The summed E-state index contributed by atoms with van der Waals surface area (Å²) in [5.74, 6) is 1.59. The van der Waals surface area contributed by atoms with E-state index < -0.39 is 0 Å². The molecule has 3 rings (SSSR count). The van der Waals surface area contributed by atoms with Crippen molar-refractivity contribution in [1.29, 1.82) is 0 Å². The van der Waals surface area contributed by atoms with Gasteiger partial charge in [0, 0.05) is 24.7 Å². The molecule has 0 radical (unpaired) electrons. The van der Waals surface area contributed by atoms with Gasteiger partial charge in [-0.25, -0.2) is 4.98 Å². The molecule has 0 atom stereocenters. The van der Waals surface area contributed by atoms with Crippen LogP contribution in [0.3, 0.4) is 0 Å². The van der Waals surface area contributed by atoms with Crippen molar-refractivity contribution >= 4 is 33.5 Å². The van der Waals surface area contributed by atoms with Crippen LogP contribution in [0.25, 0.3) is 21.9 Å². The Hall–Kier alpha value is -1.61. The lowest BCUT2D eigenvalue weighted by Gasteiger charge is -2.02. The fourth-order valence-corrected chi connectivity index (χ4v) is 2.37. The van der Waals surface area contributed by atoms with Gasteiger partial charge in [0.05, 0.1) is 17.2 Å². The van der Waals surface area contributed by atoms with Crippen LogP contribution in [0.4, 0.5) is 0 Å². The second-order valence-corrected chi connectivity index (χ2v) is 4.41. The molecule has 3 nitrogen and oxygen atoms in total. The number of para-hydroxylation sites is 1. The van der Waals surface area contributed by atoms with Gasteiger partial charge in [-0.05, 0) is 6.07 Å². The van der Waals surface area contributed by atoms with Gasteiger partial charge in [0.25, 0.3) is 0 Å². The highest BCUT2D eigenvalue weighted by atomic mass is 35.5. The molecule has 0 unspecified atom stereocenters. The summed E-state index contributed by atoms with van der Waals surface area (Å²) in [6.07, 6.45) is 2.61. The summed E-state index contributed by atoms with van der Waals surface area (Å²) in [6, 6.07) is 8.12. The zero-order valence-corrected chi connectivity index (χ0v) is 10.3. The molecule has 2 heterocycles. The van der Waals surface area contributed by atoms with E-state index in [0.29, 0.717) is 5.88 Å². The maximum absolute atomic E-state index is 5.78. The van der Waals surface area contributed by atoms with Gasteiger partial charge in [0.1, 0.15) is 11.3 Å². The molecular weight excluding hydrogens is 234 g/mol. The minimum absolute atomic E-state index is 0.586. The number of halogens is 1. The first-order chi connectivity index (χ1) is 8.31. The van der Waals surface area contributed by atoms with E-state index in [-0.39, 0.29) is 0 Å². The molecule has 0 spiro atoms. The number of aryl methyl sites for hydroxylation is 2. The second kappa shape index (κ2) is 4.00. The lowest BCUT2D eigenvalue weighted by molar-refractivity contribution is 0.833. The van der Waals surface area contributed by atoms with Crippen molar-refractivity contribution in [2.24, 2.45) is 7.05 Å². The average Bonchev–Trinajstić information content (AvgIpc) is 2.67. The number of alkyl halides is 1. The first kappa shape index (κ1) is 10.5. The van der Waals surface area contributed by atoms with Gasteiger partial charge in [-0.1, -0.05) is 18.2 Å². The van der Waals surface area contributed by atoms with Crippen LogP contribution in [0.1, 0.15) is 5.82 Å². The summed E-state index contributed by atoms with van der Waals surface area (Å²) < 4.78 is 2.11. The van der Waals surface area contributed by atoms with Gasteiger partial charge in [-0.2, -0.15) is 0 Å². The Morgan fingerprint density at radius 1 is 1.24 bits per heavy atom. The van der Waals surface area contributed by atoms with Crippen LogP contribution in [-0.2, 0) is 13.5 Å². The average molecular weight is 246 g/mol. The van der Waals surface area contributed by atoms with E-state index in [0.717, 1.165) is 34.2 Å². The zero-order chi connectivity index (χ0) is 11.8. The van der Waals surface area contributed by atoms with Crippen molar-refractivity contribution in [2.45, 2.75) is 6.42 Å². The van der Waals surface area contributed by atoms with Crippen LogP contribution in [0, 0.1) is 0 Å². The summed E-state index contributed by atoms with van der Waals surface area (Å²) >= 11 is 5.78. The van der Waals surface area contributed by atoms with E-state index in [9.17, 15) is 0 Å². The van der Waals surface area contributed by atoms with Gasteiger partial charge < -0.3 is 4.57 Å². The second-order valence-electron chi connectivity index (χ2n) is 4.04. The smallest absolute Gasteiger partial charge is 0.110 e. The topological polar surface area (TPSA) is 30.7 Å². The Morgan fingerprint density at radius 3 is 2.88 bits per heavy atom. The maximum atomic E-state index is 5.78. The number of hydrogen-bond acceptors (Lipinski definition) is 2. The number of aromatic nitrogens is 3. The van der Waals surface area contributed by atoms with Crippen molar-refractivity contribution in [2.75, 3.05) is 5.88 Å². The molecule has 0 N–H and O–H groups in total. The zero-order valence-electron chi connectivity index (χ0n) is 9.52. The molecule has 0 aliphatic heterocycles. The Bertz CT molecular complexity index is 688. The molecule has 17 heavy (non-hydrogen) atoms. The SMILES string of the molecule is Cn1c(CCCl)nc2cnc3ccccc3c21. The maximum Gasteiger partial charge on any atom is 0.110 e. The van der Waals surface area contributed by atoms with Crippen LogP contribution in [0.5, 0.6) is 0 Å². The van der Waals surface area contributed by atoms with Crippen LogP contribution in [-0.4, -0.2) is 20.4 Å². The highest BCUT2D eigenvalue weighted by Crippen LogP contribution is 2.23. The largest absolute Gasteiger partial charge is 0.330 e. The Labute approximate surface area is 104 Å². The van der Waals surface area contributed by atoms with E-state index in [1.54, 1.807) is 0 Å². The minimum Gasteiger partial charge on any atom is -0.330 e. The number of imidazole rings is 1. The number of nitrogens with zero attached hydrogens (tertiary/aromatic N) is 3. The molecule has 2 aromatic heterocycles. The Kier molecular flexibility index (Phi) is 2.48. The van der Waals surface area contributed by atoms with Gasteiger partial charge in [-0.3, -0.25) is 4.98 Å². The van der Waals surface area contributed by atoms with Crippen molar-refractivity contribution in [3.05, 3.63) is 36.3 Å². The third-order valence-corrected chi connectivity index (χ3v) is 3.21. The molecule has 86 valence electrons. The summed E-state index contributed by atoms with van der Waals surface area (Å²) in [5, 5.41) is 1.14. The highest BCUT2D eigenvalue weighted by molar-refractivity contribution is 6.18. The number of fused-ring (bicyclic) bond motifs is 3. The summed E-state index contributed by atoms with van der Waals surface area (Å²) in [4.78, 5) is 8.98. The Balaban J connectivity index is 2.41. The number of pyridine rings is 1. The predicted molar refractivity (Wildman–Crippen MR) is 70.4 cm³/mol. The van der Waals surface area contributed by atoms with Crippen molar-refractivity contribution in [3.63, 3.8) is 0 Å². The lowest BCUT2D eigenvalue weighted by Crippen LogP contribution is -1.98. The van der Waals surface area contributed by atoms with Crippen LogP contribution >= 0.6 is 11.6 Å². The summed E-state index contributed by atoms with van der Waals surface area (Å²) in [5.41, 5.74) is 3.07.